The third-order valence-electron chi connectivity index (χ3n) is 2.53. The Morgan fingerprint density at radius 1 is 1.35 bits per heavy atom. The van der Waals surface area contributed by atoms with E-state index in [9.17, 15) is 14.0 Å². The predicted octanol–water partition coefficient (Wildman–Crippen LogP) is 3.36. The van der Waals surface area contributed by atoms with Crippen molar-refractivity contribution in [2.45, 2.75) is 13.3 Å². The molecule has 0 aliphatic heterocycles. The van der Waals surface area contributed by atoms with Crippen LogP contribution in [0.3, 0.4) is 0 Å². The zero-order valence-electron chi connectivity index (χ0n) is 10.5. The van der Waals surface area contributed by atoms with Gasteiger partial charge in [0, 0.05) is 6.54 Å². The number of anilines is 1. The number of carbonyl (C=O) groups is 2. The van der Waals surface area contributed by atoms with Crippen LogP contribution in [0.5, 0.6) is 0 Å². The maximum atomic E-state index is 13.0. The lowest BCUT2D eigenvalue weighted by molar-refractivity contribution is -0.141. The van der Waals surface area contributed by atoms with E-state index in [0.717, 1.165) is 12.1 Å². The van der Waals surface area contributed by atoms with Gasteiger partial charge in [-0.15, -0.1) is 0 Å². The molecule has 0 fully saturated rings. The SMILES string of the molecule is CC(CCNC(=O)Nc1c(Cl)cc(F)cc1Cl)C(=O)O. The number of nitrogens with one attached hydrogen (secondary N) is 2. The van der Waals surface area contributed by atoms with Crippen LogP contribution in [0.2, 0.25) is 10.0 Å². The second-order valence-electron chi connectivity index (χ2n) is 4.15. The minimum Gasteiger partial charge on any atom is -0.481 e. The summed E-state index contributed by atoms with van der Waals surface area (Å²) < 4.78 is 13.0. The number of halogens is 3. The third-order valence-corrected chi connectivity index (χ3v) is 3.13. The normalized spacial score (nSPS) is 11.8. The summed E-state index contributed by atoms with van der Waals surface area (Å²) in [5.74, 6) is -2.11. The molecule has 0 saturated carbocycles. The van der Waals surface area contributed by atoms with Crippen molar-refractivity contribution in [1.29, 1.82) is 0 Å². The molecule has 0 aliphatic carbocycles. The molecule has 1 rings (SSSR count). The minimum atomic E-state index is -0.933. The molecule has 0 bridgehead atoms. The predicted molar refractivity (Wildman–Crippen MR) is 74.9 cm³/mol. The molecule has 0 aliphatic rings. The van der Waals surface area contributed by atoms with E-state index in [-0.39, 0.29) is 28.7 Å². The zero-order valence-corrected chi connectivity index (χ0v) is 12.1. The maximum absolute atomic E-state index is 13.0. The Morgan fingerprint density at radius 2 is 1.90 bits per heavy atom. The van der Waals surface area contributed by atoms with Gasteiger partial charge in [-0.3, -0.25) is 4.79 Å². The molecular formula is C12H13Cl2FN2O3. The first-order chi connectivity index (χ1) is 9.31. The van der Waals surface area contributed by atoms with Gasteiger partial charge in [0.05, 0.1) is 21.7 Å². The average Bonchev–Trinajstić information content (AvgIpc) is 2.33. The molecule has 1 unspecified atom stereocenters. The van der Waals surface area contributed by atoms with E-state index in [2.05, 4.69) is 10.6 Å². The highest BCUT2D eigenvalue weighted by Crippen LogP contribution is 2.31. The Labute approximate surface area is 125 Å². The fourth-order valence-corrected chi connectivity index (χ4v) is 1.90. The first-order valence-electron chi connectivity index (χ1n) is 5.73. The number of urea groups is 1. The van der Waals surface area contributed by atoms with E-state index < -0.39 is 23.7 Å². The molecule has 1 atom stereocenters. The summed E-state index contributed by atoms with van der Waals surface area (Å²) in [4.78, 5) is 22.2. The van der Waals surface area contributed by atoms with E-state index in [4.69, 9.17) is 28.3 Å². The highest BCUT2D eigenvalue weighted by Gasteiger charge is 2.13. The number of carboxylic acid groups (broad SMARTS) is 1. The second-order valence-corrected chi connectivity index (χ2v) is 4.97. The summed E-state index contributed by atoms with van der Waals surface area (Å²) in [5, 5.41) is 13.5. The maximum Gasteiger partial charge on any atom is 0.319 e. The van der Waals surface area contributed by atoms with Gasteiger partial charge in [0.1, 0.15) is 5.82 Å². The Morgan fingerprint density at radius 3 is 2.40 bits per heavy atom. The van der Waals surface area contributed by atoms with Crippen molar-refractivity contribution in [3.8, 4) is 0 Å². The lowest BCUT2D eigenvalue weighted by Crippen LogP contribution is -2.31. The van der Waals surface area contributed by atoms with Gasteiger partial charge in [-0.1, -0.05) is 30.1 Å². The topological polar surface area (TPSA) is 78.4 Å². The van der Waals surface area contributed by atoms with Crippen LogP contribution in [0.15, 0.2) is 12.1 Å². The number of benzene rings is 1. The largest absolute Gasteiger partial charge is 0.481 e. The highest BCUT2D eigenvalue weighted by atomic mass is 35.5. The number of rotatable bonds is 5. The zero-order chi connectivity index (χ0) is 15.3. The highest BCUT2D eigenvalue weighted by molar-refractivity contribution is 6.39. The molecule has 0 aromatic heterocycles. The molecule has 20 heavy (non-hydrogen) atoms. The molecule has 2 amide bonds. The van der Waals surface area contributed by atoms with Crippen LogP contribution in [0.1, 0.15) is 13.3 Å². The van der Waals surface area contributed by atoms with E-state index in [1.165, 1.54) is 6.92 Å². The molecule has 5 nitrogen and oxygen atoms in total. The van der Waals surface area contributed by atoms with Crippen molar-refractivity contribution < 1.29 is 19.1 Å². The van der Waals surface area contributed by atoms with Gasteiger partial charge < -0.3 is 15.7 Å². The molecule has 1 aromatic rings. The number of hydrogen-bond acceptors (Lipinski definition) is 2. The van der Waals surface area contributed by atoms with Crippen LogP contribution >= 0.6 is 23.2 Å². The fraction of sp³-hybridized carbons (Fsp3) is 0.333. The first kappa shape index (κ1) is 16.5. The van der Waals surface area contributed by atoms with Gasteiger partial charge >= 0.3 is 12.0 Å². The summed E-state index contributed by atoms with van der Waals surface area (Å²) >= 11 is 11.5. The molecule has 8 heteroatoms. The molecule has 0 radical (unpaired) electrons. The molecular weight excluding hydrogens is 310 g/mol. The third kappa shape index (κ3) is 4.86. The summed E-state index contributed by atoms with van der Waals surface area (Å²) in [6.45, 7) is 1.71. The Kier molecular flexibility index (Phi) is 6.04. The Balaban J connectivity index is 2.53. The molecule has 0 saturated heterocycles. The minimum absolute atomic E-state index is 0.0240. The van der Waals surface area contributed by atoms with Crippen molar-refractivity contribution in [2.75, 3.05) is 11.9 Å². The number of hydrogen-bond donors (Lipinski definition) is 3. The summed E-state index contributed by atoms with van der Waals surface area (Å²) in [6, 6.07) is 1.45. The molecule has 110 valence electrons. The van der Waals surface area contributed by atoms with Gasteiger partial charge in [-0.25, -0.2) is 9.18 Å². The van der Waals surface area contributed by atoms with Crippen molar-refractivity contribution >= 4 is 40.9 Å². The average molecular weight is 323 g/mol. The Bertz CT molecular complexity index is 502. The van der Waals surface area contributed by atoms with Crippen LogP contribution in [-0.2, 0) is 4.79 Å². The van der Waals surface area contributed by atoms with Gasteiger partial charge in [0.25, 0.3) is 0 Å². The smallest absolute Gasteiger partial charge is 0.319 e. The van der Waals surface area contributed by atoms with Crippen LogP contribution < -0.4 is 10.6 Å². The van der Waals surface area contributed by atoms with E-state index in [0.29, 0.717) is 0 Å². The van der Waals surface area contributed by atoms with Gasteiger partial charge in [0.15, 0.2) is 0 Å². The number of aliphatic carboxylic acids is 1. The first-order valence-corrected chi connectivity index (χ1v) is 6.49. The number of carbonyl (C=O) groups excluding carboxylic acids is 1. The van der Waals surface area contributed by atoms with Crippen LogP contribution in [0.25, 0.3) is 0 Å². The fourth-order valence-electron chi connectivity index (χ4n) is 1.35. The molecule has 0 spiro atoms. The summed E-state index contributed by atoms with van der Waals surface area (Å²) in [7, 11) is 0. The van der Waals surface area contributed by atoms with Crippen LogP contribution in [0, 0.1) is 11.7 Å². The standard InChI is InChI=1S/C12H13Cl2FN2O3/c1-6(11(18)19)2-3-16-12(20)17-10-8(13)4-7(15)5-9(10)14/h4-6H,2-3H2,1H3,(H,18,19)(H2,16,17,20). The summed E-state index contributed by atoms with van der Waals surface area (Å²) in [6.07, 6.45) is 0.285. The van der Waals surface area contributed by atoms with Gasteiger partial charge in [0.2, 0.25) is 0 Å². The summed E-state index contributed by atoms with van der Waals surface area (Å²) in [5.41, 5.74) is 0.0958. The number of carboxylic acids is 1. The molecule has 1 aromatic carbocycles. The van der Waals surface area contributed by atoms with Crippen molar-refractivity contribution in [2.24, 2.45) is 5.92 Å². The van der Waals surface area contributed by atoms with Crippen molar-refractivity contribution in [3.63, 3.8) is 0 Å². The van der Waals surface area contributed by atoms with Gasteiger partial charge in [-0.2, -0.15) is 0 Å². The lowest BCUT2D eigenvalue weighted by atomic mass is 10.1. The lowest BCUT2D eigenvalue weighted by Gasteiger charge is -2.11. The monoisotopic (exact) mass is 322 g/mol. The van der Waals surface area contributed by atoms with E-state index in [1.54, 1.807) is 0 Å². The second kappa shape index (κ2) is 7.31. The van der Waals surface area contributed by atoms with Crippen LogP contribution in [0.4, 0.5) is 14.9 Å². The van der Waals surface area contributed by atoms with Crippen molar-refractivity contribution in [3.05, 3.63) is 28.0 Å². The van der Waals surface area contributed by atoms with E-state index >= 15 is 0 Å². The quantitative estimate of drug-likeness (QED) is 0.777. The van der Waals surface area contributed by atoms with E-state index in [1.807, 2.05) is 0 Å². The molecule has 3 N–H and O–H groups in total. The van der Waals surface area contributed by atoms with Crippen molar-refractivity contribution in [1.82, 2.24) is 5.32 Å². The van der Waals surface area contributed by atoms with Gasteiger partial charge in [-0.05, 0) is 18.6 Å². The number of amides is 2. The van der Waals surface area contributed by atoms with Crippen LogP contribution in [-0.4, -0.2) is 23.7 Å². The molecule has 0 heterocycles. The Hall–Kier alpha value is -1.53.